The van der Waals surface area contributed by atoms with Crippen molar-refractivity contribution < 1.29 is 0 Å². The largest absolute Gasteiger partial charge is 0.314 e. The van der Waals surface area contributed by atoms with Crippen LogP contribution in [0.2, 0.25) is 0 Å². The standard InChI is InChI=1S/C54H50N2/c1-6-8-12-30-49(43-23-14-10-15-24-43)41(5)55(48-35-34-42-22-13-9-16-25-44(42)37-48)47-29-21-26-45(38-47)54(7-2)40(4)39(3)33-36-52-53(54)50-31-19-20-32-51(50)56(52)46-27-17-11-18-28-46/h6-8,10-35,37-38,40H,2,9,36H2,1,3-5H3/b8-6-,30-12-,49-41-. The van der Waals surface area contributed by atoms with Gasteiger partial charge in [-0.2, -0.15) is 0 Å². The third kappa shape index (κ3) is 6.46. The lowest BCUT2D eigenvalue weighted by atomic mass is 9.64. The molecule has 0 bridgehead atoms. The summed E-state index contributed by atoms with van der Waals surface area (Å²) < 4.78 is 2.48. The Hall–Kier alpha value is -6.38. The van der Waals surface area contributed by atoms with Crippen LogP contribution in [0.5, 0.6) is 0 Å². The highest BCUT2D eigenvalue weighted by atomic mass is 15.1. The molecule has 0 fully saturated rings. The SMILES string of the molecule is C=CC1(c2cccc(N(/C(C)=C(/C=C\C=C/C)c3ccccc3)c3ccc4c(c3)C=CCC=C4)c2)c2c(n(-c3ccccc3)c3ccccc23)CC=C(C)C1C. The number of para-hydroxylation sites is 2. The molecule has 2 nitrogen and oxygen atoms in total. The number of anilines is 2. The molecule has 8 rings (SSSR count). The summed E-state index contributed by atoms with van der Waals surface area (Å²) in [7, 11) is 0. The van der Waals surface area contributed by atoms with Gasteiger partial charge in [0, 0.05) is 51.2 Å². The zero-order chi connectivity index (χ0) is 38.6. The summed E-state index contributed by atoms with van der Waals surface area (Å²) in [6.07, 6.45) is 24.0. The second-order valence-corrected chi connectivity index (χ2v) is 14.9. The molecular formula is C54H50N2. The van der Waals surface area contributed by atoms with Crippen LogP contribution in [-0.4, -0.2) is 4.57 Å². The van der Waals surface area contributed by atoms with E-state index in [9.17, 15) is 0 Å². The zero-order valence-corrected chi connectivity index (χ0v) is 33.0. The summed E-state index contributed by atoms with van der Waals surface area (Å²) in [5.74, 6) is 0.157. The Bertz CT molecular complexity index is 2590. The lowest BCUT2D eigenvalue weighted by molar-refractivity contribution is 0.481. The smallest absolute Gasteiger partial charge is 0.0534 e. The maximum absolute atomic E-state index is 4.69. The normalized spacial score (nSPS) is 18.3. The van der Waals surface area contributed by atoms with Crippen molar-refractivity contribution in [1.29, 1.82) is 0 Å². The number of aromatic nitrogens is 1. The van der Waals surface area contributed by atoms with Crippen molar-refractivity contribution in [2.45, 2.75) is 46.0 Å². The van der Waals surface area contributed by atoms with Crippen molar-refractivity contribution in [3.63, 3.8) is 0 Å². The molecule has 276 valence electrons. The first-order valence-corrected chi connectivity index (χ1v) is 19.9. The minimum atomic E-state index is -0.513. The minimum Gasteiger partial charge on any atom is -0.314 e. The molecule has 0 saturated heterocycles. The highest BCUT2D eigenvalue weighted by Crippen LogP contribution is 2.52. The van der Waals surface area contributed by atoms with Gasteiger partial charge >= 0.3 is 0 Å². The first-order chi connectivity index (χ1) is 27.5. The van der Waals surface area contributed by atoms with E-state index in [0.29, 0.717) is 0 Å². The Morgan fingerprint density at radius 1 is 0.786 bits per heavy atom. The monoisotopic (exact) mass is 726 g/mol. The van der Waals surface area contributed by atoms with Gasteiger partial charge in [-0.15, -0.1) is 6.58 Å². The van der Waals surface area contributed by atoms with Crippen LogP contribution in [0.4, 0.5) is 11.4 Å². The molecule has 6 aromatic rings. The summed E-state index contributed by atoms with van der Waals surface area (Å²) in [5, 5.41) is 1.27. The molecule has 0 saturated carbocycles. The van der Waals surface area contributed by atoms with Crippen molar-refractivity contribution in [1.82, 2.24) is 4.57 Å². The molecule has 2 aliphatic rings. The Labute approximate surface area is 333 Å². The highest BCUT2D eigenvalue weighted by Gasteiger charge is 2.44. The molecule has 5 aromatic carbocycles. The van der Waals surface area contributed by atoms with Gasteiger partial charge in [0.25, 0.3) is 0 Å². The Morgan fingerprint density at radius 2 is 1.50 bits per heavy atom. The Kier molecular flexibility index (Phi) is 10.3. The summed E-state index contributed by atoms with van der Waals surface area (Å²) >= 11 is 0. The molecular weight excluding hydrogens is 677 g/mol. The first kappa shape index (κ1) is 36.6. The van der Waals surface area contributed by atoms with Gasteiger partial charge in [0.15, 0.2) is 0 Å². The molecule has 0 radical (unpaired) electrons. The fraction of sp³-hybridized carbons (Fsp3) is 0.148. The molecule has 0 aliphatic heterocycles. The van der Waals surface area contributed by atoms with Gasteiger partial charge in [0.2, 0.25) is 0 Å². The van der Waals surface area contributed by atoms with Gasteiger partial charge in [0.1, 0.15) is 0 Å². The summed E-state index contributed by atoms with van der Waals surface area (Å²) in [5.41, 5.74) is 15.3. The van der Waals surface area contributed by atoms with Crippen molar-refractivity contribution in [3.05, 3.63) is 227 Å². The molecule has 0 spiro atoms. The van der Waals surface area contributed by atoms with Gasteiger partial charge in [-0.3, -0.25) is 0 Å². The summed E-state index contributed by atoms with van der Waals surface area (Å²) in [6.45, 7) is 13.7. The second-order valence-electron chi connectivity index (χ2n) is 14.9. The van der Waals surface area contributed by atoms with Crippen molar-refractivity contribution in [2.24, 2.45) is 5.92 Å². The van der Waals surface area contributed by atoms with Crippen LogP contribution in [0, 0.1) is 5.92 Å². The number of benzene rings is 5. The average Bonchev–Trinajstić information content (AvgIpc) is 3.32. The second kappa shape index (κ2) is 15.8. The lowest BCUT2D eigenvalue weighted by Gasteiger charge is -2.39. The third-order valence-corrected chi connectivity index (χ3v) is 11.9. The molecule has 2 atom stereocenters. The predicted molar refractivity (Wildman–Crippen MR) is 242 cm³/mol. The average molecular weight is 727 g/mol. The fourth-order valence-corrected chi connectivity index (χ4v) is 8.95. The number of rotatable bonds is 9. The first-order valence-electron chi connectivity index (χ1n) is 19.9. The summed E-state index contributed by atoms with van der Waals surface area (Å²) in [4.78, 5) is 2.45. The van der Waals surface area contributed by atoms with Crippen LogP contribution in [0.25, 0.3) is 34.3 Å². The van der Waals surface area contributed by atoms with Crippen LogP contribution >= 0.6 is 0 Å². The lowest BCUT2D eigenvalue weighted by Crippen LogP contribution is -2.34. The molecule has 2 heteroatoms. The number of nitrogens with zero attached hydrogens (tertiary/aromatic N) is 2. The van der Waals surface area contributed by atoms with Crippen LogP contribution in [0.3, 0.4) is 0 Å². The van der Waals surface area contributed by atoms with Crippen LogP contribution in [-0.2, 0) is 11.8 Å². The fourth-order valence-electron chi connectivity index (χ4n) is 8.95. The molecule has 0 amide bonds. The van der Waals surface area contributed by atoms with Crippen molar-refractivity contribution in [2.75, 3.05) is 4.90 Å². The number of allylic oxidation sites excluding steroid dienone is 11. The van der Waals surface area contributed by atoms with Crippen LogP contribution in [0.1, 0.15) is 67.6 Å². The Morgan fingerprint density at radius 3 is 2.27 bits per heavy atom. The highest BCUT2D eigenvalue weighted by molar-refractivity contribution is 5.91. The van der Waals surface area contributed by atoms with Gasteiger partial charge in [-0.25, -0.2) is 0 Å². The molecule has 1 aromatic heterocycles. The third-order valence-electron chi connectivity index (χ3n) is 11.9. The van der Waals surface area contributed by atoms with E-state index in [0.717, 1.165) is 35.5 Å². The quantitative estimate of drug-likeness (QED) is 0.106. The van der Waals surface area contributed by atoms with E-state index in [1.165, 1.54) is 55.7 Å². The van der Waals surface area contributed by atoms with Crippen molar-refractivity contribution in [3.8, 4) is 5.69 Å². The molecule has 56 heavy (non-hydrogen) atoms. The molecule has 2 unspecified atom stereocenters. The number of hydrogen-bond donors (Lipinski definition) is 0. The topological polar surface area (TPSA) is 8.17 Å². The van der Waals surface area contributed by atoms with E-state index < -0.39 is 5.41 Å². The Balaban J connectivity index is 1.41. The van der Waals surface area contributed by atoms with E-state index in [2.05, 4.69) is 225 Å². The zero-order valence-electron chi connectivity index (χ0n) is 33.0. The van der Waals surface area contributed by atoms with E-state index in [4.69, 9.17) is 6.58 Å². The number of fused-ring (bicyclic) bond motifs is 4. The summed E-state index contributed by atoms with van der Waals surface area (Å²) in [6, 6.07) is 46.6. The number of hydrogen-bond acceptors (Lipinski definition) is 1. The van der Waals surface area contributed by atoms with Crippen molar-refractivity contribution >= 4 is 40.0 Å². The van der Waals surface area contributed by atoms with E-state index >= 15 is 0 Å². The van der Waals surface area contributed by atoms with Gasteiger partial charge in [-0.1, -0.05) is 158 Å². The predicted octanol–water partition coefficient (Wildman–Crippen LogP) is 14.4. The maximum Gasteiger partial charge on any atom is 0.0534 e. The van der Waals surface area contributed by atoms with Crippen LogP contribution < -0.4 is 4.90 Å². The van der Waals surface area contributed by atoms with Crippen LogP contribution in [0.15, 0.2) is 194 Å². The molecule has 2 aliphatic carbocycles. The van der Waals surface area contributed by atoms with E-state index in [1.807, 2.05) is 0 Å². The van der Waals surface area contributed by atoms with Gasteiger partial charge < -0.3 is 9.47 Å². The van der Waals surface area contributed by atoms with Gasteiger partial charge in [-0.05, 0) is 103 Å². The molecule has 0 N–H and O–H groups in total. The minimum absolute atomic E-state index is 0.157. The maximum atomic E-state index is 4.69. The van der Waals surface area contributed by atoms with E-state index in [1.54, 1.807) is 0 Å². The van der Waals surface area contributed by atoms with E-state index in [-0.39, 0.29) is 5.92 Å². The molecule has 1 heterocycles. The van der Waals surface area contributed by atoms with Gasteiger partial charge in [0.05, 0.1) is 5.52 Å².